The molecule has 160 valence electrons. The molecule has 1 fully saturated rings. The van der Waals surface area contributed by atoms with Gasteiger partial charge in [0.1, 0.15) is 22.2 Å². The van der Waals surface area contributed by atoms with Gasteiger partial charge in [-0.25, -0.2) is 12.8 Å². The van der Waals surface area contributed by atoms with E-state index in [4.69, 9.17) is 4.74 Å². The lowest BCUT2D eigenvalue weighted by Crippen LogP contribution is -2.50. The summed E-state index contributed by atoms with van der Waals surface area (Å²) in [6.07, 6.45) is 0. The van der Waals surface area contributed by atoms with Gasteiger partial charge in [-0.1, -0.05) is 30.3 Å². The average Bonchev–Trinajstić information content (AvgIpc) is 2.80. The van der Waals surface area contributed by atoms with Gasteiger partial charge in [-0.3, -0.25) is 4.79 Å². The zero-order valence-corrected chi connectivity index (χ0v) is 17.5. The van der Waals surface area contributed by atoms with Crippen LogP contribution in [0, 0.1) is 5.82 Å². The minimum absolute atomic E-state index is 0.109. The third kappa shape index (κ3) is 4.60. The van der Waals surface area contributed by atoms with Crippen LogP contribution in [0.15, 0.2) is 83.8 Å². The normalized spacial score (nSPS) is 14.9. The van der Waals surface area contributed by atoms with Gasteiger partial charge in [0, 0.05) is 31.7 Å². The summed E-state index contributed by atoms with van der Waals surface area (Å²) in [4.78, 5) is 14.1. The maximum absolute atomic E-state index is 14.0. The first-order valence-corrected chi connectivity index (χ1v) is 11.3. The summed E-state index contributed by atoms with van der Waals surface area (Å²) in [6, 6.07) is 21.4. The molecule has 3 aromatic carbocycles. The Morgan fingerprint density at radius 3 is 2.00 bits per heavy atom. The molecule has 31 heavy (non-hydrogen) atoms. The number of para-hydroxylation sites is 1. The molecule has 0 aliphatic carbocycles. The van der Waals surface area contributed by atoms with E-state index in [9.17, 15) is 17.6 Å². The molecule has 6 nitrogen and oxygen atoms in total. The van der Waals surface area contributed by atoms with E-state index in [-0.39, 0.29) is 37.0 Å². The number of carbonyl (C=O) groups is 1. The summed E-state index contributed by atoms with van der Waals surface area (Å²) in [5.74, 6) is 0.352. The van der Waals surface area contributed by atoms with Crippen LogP contribution in [0.3, 0.4) is 0 Å². The van der Waals surface area contributed by atoms with Crippen molar-refractivity contribution in [2.75, 3.05) is 26.2 Å². The van der Waals surface area contributed by atoms with Crippen molar-refractivity contribution >= 4 is 15.9 Å². The summed E-state index contributed by atoms with van der Waals surface area (Å²) < 4.78 is 46.3. The van der Waals surface area contributed by atoms with E-state index >= 15 is 0 Å². The Balaban J connectivity index is 1.39. The van der Waals surface area contributed by atoms with Gasteiger partial charge in [0.25, 0.3) is 5.91 Å². The van der Waals surface area contributed by atoms with Crippen molar-refractivity contribution in [3.05, 3.63) is 90.2 Å². The van der Waals surface area contributed by atoms with E-state index in [2.05, 4.69) is 0 Å². The molecule has 1 aliphatic rings. The highest BCUT2D eigenvalue weighted by molar-refractivity contribution is 7.89. The quantitative estimate of drug-likeness (QED) is 0.606. The molecule has 0 N–H and O–H groups in total. The third-order valence-electron chi connectivity index (χ3n) is 5.06. The largest absolute Gasteiger partial charge is 0.457 e. The predicted molar refractivity (Wildman–Crippen MR) is 114 cm³/mol. The number of ether oxygens (including phenoxy) is 1. The van der Waals surface area contributed by atoms with Gasteiger partial charge in [0.05, 0.1) is 0 Å². The van der Waals surface area contributed by atoms with Crippen molar-refractivity contribution in [1.29, 1.82) is 0 Å². The first-order valence-electron chi connectivity index (χ1n) is 9.82. The van der Waals surface area contributed by atoms with Gasteiger partial charge >= 0.3 is 0 Å². The molecule has 0 saturated carbocycles. The van der Waals surface area contributed by atoms with E-state index in [1.54, 1.807) is 29.2 Å². The van der Waals surface area contributed by atoms with Crippen molar-refractivity contribution in [3.63, 3.8) is 0 Å². The fraction of sp³-hybridized carbons (Fsp3) is 0.174. The molecule has 1 aliphatic heterocycles. The summed E-state index contributed by atoms with van der Waals surface area (Å²) in [7, 11) is -3.94. The number of nitrogens with zero attached hydrogens (tertiary/aromatic N) is 2. The first kappa shape index (κ1) is 21.0. The molecule has 0 radical (unpaired) electrons. The van der Waals surface area contributed by atoms with Crippen LogP contribution in [0.4, 0.5) is 4.39 Å². The molecule has 1 saturated heterocycles. The Labute approximate surface area is 180 Å². The Kier molecular flexibility index (Phi) is 6.01. The second kappa shape index (κ2) is 8.87. The Morgan fingerprint density at radius 2 is 1.35 bits per heavy atom. The summed E-state index contributed by atoms with van der Waals surface area (Å²) in [5, 5.41) is 0. The number of hydrogen-bond donors (Lipinski definition) is 0. The SMILES string of the molecule is O=C(c1ccc(Oc2ccccc2)cc1)N1CCN(S(=O)(=O)c2ccccc2F)CC1. The number of amides is 1. The fourth-order valence-electron chi connectivity index (χ4n) is 3.40. The molecule has 0 bridgehead atoms. The third-order valence-corrected chi connectivity index (χ3v) is 6.99. The summed E-state index contributed by atoms with van der Waals surface area (Å²) in [5.41, 5.74) is 0.492. The van der Waals surface area contributed by atoms with E-state index in [1.165, 1.54) is 22.5 Å². The molecule has 3 aromatic rings. The van der Waals surface area contributed by atoms with Crippen LogP contribution in [0.1, 0.15) is 10.4 Å². The number of carbonyl (C=O) groups excluding carboxylic acids is 1. The number of benzene rings is 3. The fourth-order valence-corrected chi connectivity index (χ4v) is 4.88. The minimum Gasteiger partial charge on any atom is -0.457 e. The predicted octanol–water partition coefficient (Wildman–Crippen LogP) is 3.76. The molecular formula is C23H21FN2O4S. The maximum Gasteiger partial charge on any atom is 0.253 e. The van der Waals surface area contributed by atoms with Gasteiger partial charge in [0.15, 0.2) is 0 Å². The minimum atomic E-state index is -3.94. The van der Waals surface area contributed by atoms with E-state index in [0.29, 0.717) is 17.1 Å². The molecule has 0 unspecified atom stereocenters. The second-order valence-corrected chi connectivity index (χ2v) is 8.97. The topological polar surface area (TPSA) is 66.9 Å². The molecule has 0 spiro atoms. The van der Waals surface area contributed by atoms with Crippen LogP contribution in [0.25, 0.3) is 0 Å². The highest BCUT2D eigenvalue weighted by Crippen LogP contribution is 2.23. The standard InChI is InChI=1S/C23H21FN2O4S/c24-21-8-4-5-9-22(21)31(28,29)26-16-14-25(15-17-26)23(27)18-10-12-20(13-11-18)30-19-6-2-1-3-7-19/h1-13H,14-17H2. The number of hydrogen-bond acceptors (Lipinski definition) is 4. The number of halogens is 1. The van der Waals surface area contributed by atoms with Crippen molar-refractivity contribution < 1.29 is 22.3 Å². The van der Waals surface area contributed by atoms with Gasteiger partial charge in [-0.05, 0) is 48.5 Å². The highest BCUT2D eigenvalue weighted by atomic mass is 32.2. The van der Waals surface area contributed by atoms with Crippen LogP contribution in [-0.2, 0) is 10.0 Å². The molecule has 0 atom stereocenters. The van der Waals surface area contributed by atoms with E-state index in [0.717, 1.165) is 6.07 Å². The number of rotatable bonds is 5. The zero-order chi connectivity index (χ0) is 21.8. The van der Waals surface area contributed by atoms with Crippen molar-refractivity contribution in [2.45, 2.75) is 4.90 Å². The Hall–Kier alpha value is -3.23. The summed E-state index contributed by atoms with van der Waals surface area (Å²) >= 11 is 0. The van der Waals surface area contributed by atoms with Crippen LogP contribution in [0.2, 0.25) is 0 Å². The van der Waals surface area contributed by atoms with Crippen molar-refractivity contribution in [2.24, 2.45) is 0 Å². The molecule has 1 heterocycles. The highest BCUT2D eigenvalue weighted by Gasteiger charge is 2.32. The van der Waals surface area contributed by atoms with Crippen LogP contribution in [-0.4, -0.2) is 49.7 Å². The van der Waals surface area contributed by atoms with E-state index < -0.39 is 15.8 Å². The van der Waals surface area contributed by atoms with Gasteiger partial charge in [-0.15, -0.1) is 0 Å². The lowest BCUT2D eigenvalue weighted by atomic mass is 10.2. The molecule has 4 rings (SSSR count). The van der Waals surface area contributed by atoms with Gasteiger partial charge < -0.3 is 9.64 Å². The summed E-state index contributed by atoms with van der Waals surface area (Å²) in [6.45, 7) is 0.679. The molecule has 1 amide bonds. The Morgan fingerprint density at radius 1 is 0.774 bits per heavy atom. The first-order chi connectivity index (χ1) is 14.9. The molecule has 0 aromatic heterocycles. The number of sulfonamides is 1. The lowest BCUT2D eigenvalue weighted by molar-refractivity contribution is 0.0697. The number of piperazine rings is 1. The van der Waals surface area contributed by atoms with Gasteiger partial charge in [-0.2, -0.15) is 4.31 Å². The lowest BCUT2D eigenvalue weighted by Gasteiger charge is -2.34. The molecular weight excluding hydrogens is 419 g/mol. The van der Waals surface area contributed by atoms with Crippen LogP contribution >= 0.6 is 0 Å². The van der Waals surface area contributed by atoms with E-state index in [1.807, 2.05) is 30.3 Å². The average molecular weight is 440 g/mol. The smallest absolute Gasteiger partial charge is 0.253 e. The van der Waals surface area contributed by atoms with Crippen molar-refractivity contribution in [3.8, 4) is 11.5 Å². The monoisotopic (exact) mass is 440 g/mol. The Bertz CT molecular complexity index is 1160. The van der Waals surface area contributed by atoms with Crippen LogP contribution < -0.4 is 4.74 Å². The maximum atomic E-state index is 14.0. The van der Waals surface area contributed by atoms with Gasteiger partial charge in [0.2, 0.25) is 10.0 Å². The van der Waals surface area contributed by atoms with Crippen LogP contribution in [0.5, 0.6) is 11.5 Å². The second-order valence-electron chi connectivity index (χ2n) is 7.07. The zero-order valence-electron chi connectivity index (χ0n) is 16.6. The molecule has 8 heteroatoms. The van der Waals surface area contributed by atoms with Crippen molar-refractivity contribution in [1.82, 2.24) is 9.21 Å².